The highest BCUT2D eigenvalue weighted by molar-refractivity contribution is 6.22. The van der Waals surface area contributed by atoms with Crippen LogP contribution >= 0.6 is 0 Å². The van der Waals surface area contributed by atoms with Crippen LogP contribution in [0.2, 0.25) is 0 Å². The SMILES string of the molecule is Cc1ccc(C)c2c1C(=O)N(C1CCC(N)CC1)C2=O. The second-order valence-corrected chi connectivity index (χ2v) is 6.00. The molecule has 1 saturated carbocycles. The number of nitrogens with two attached hydrogens (primary N) is 1. The van der Waals surface area contributed by atoms with Crippen LogP contribution in [0.25, 0.3) is 0 Å². The molecule has 1 aliphatic heterocycles. The predicted octanol–water partition coefficient (Wildman–Crippen LogP) is 2.17. The summed E-state index contributed by atoms with van der Waals surface area (Å²) in [4.78, 5) is 26.8. The maximum atomic E-state index is 12.6. The maximum Gasteiger partial charge on any atom is 0.262 e. The summed E-state index contributed by atoms with van der Waals surface area (Å²) in [5.41, 5.74) is 8.89. The lowest BCUT2D eigenvalue weighted by molar-refractivity contribution is 0.0542. The van der Waals surface area contributed by atoms with E-state index in [0.29, 0.717) is 11.1 Å². The van der Waals surface area contributed by atoms with E-state index in [0.717, 1.165) is 36.8 Å². The quantitative estimate of drug-likeness (QED) is 0.797. The minimum atomic E-state index is -0.119. The van der Waals surface area contributed by atoms with Gasteiger partial charge in [-0.15, -0.1) is 0 Å². The molecule has 3 rings (SSSR count). The van der Waals surface area contributed by atoms with Crippen molar-refractivity contribution in [2.75, 3.05) is 0 Å². The van der Waals surface area contributed by atoms with Crippen LogP contribution < -0.4 is 5.73 Å². The highest BCUT2D eigenvalue weighted by Gasteiger charge is 2.42. The van der Waals surface area contributed by atoms with E-state index < -0.39 is 0 Å². The van der Waals surface area contributed by atoms with Gasteiger partial charge in [-0.25, -0.2) is 0 Å². The third-order valence-corrected chi connectivity index (χ3v) is 4.59. The number of imide groups is 1. The summed E-state index contributed by atoms with van der Waals surface area (Å²) in [6, 6.07) is 4.06. The molecule has 2 amide bonds. The Balaban J connectivity index is 1.98. The topological polar surface area (TPSA) is 63.4 Å². The van der Waals surface area contributed by atoms with Crippen LogP contribution in [0.5, 0.6) is 0 Å². The lowest BCUT2D eigenvalue weighted by Gasteiger charge is -2.32. The molecule has 0 spiro atoms. The van der Waals surface area contributed by atoms with Crippen LogP contribution in [-0.2, 0) is 0 Å². The molecule has 0 atom stereocenters. The first-order chi connectivity index (χ1) is 9.50. The molecule has 1 aliphatic carbocycles. The van der Waals surface area contributed by atoms with Crippen molar-refractivity contribution in [3.05, 3.63) is 34.4 Å². The molecule has 4 nitrogen and oxygen atoms in total. The average Bonchev–Trinajstić information content (AvgIpc) is 2.69. The number of amides is 2. The third kappa shape index (κ3) is 1.86. The molecule has 0 saturated heterocycles. The Morgan fingerprint density at radius 2 is 1.40 bits per heavy atom. The van der Waals surface area contributed by atoms with Crippen molar-refractivity contribution in [2.24, 2.45) is 5.73 Å². The molecule has 1 fully saturated rings. The highest BCUT2D eigenvalue weighted by atomic mass is 16.2. The van der Waals surface area contributed by atoms with Gasteiger partial charge in [0.2, 0.25) is 0 Å². The predicted molar refractivity (Wildman–Crippen MR) is 76.6 cm³/mol. The number of benzene rings is 1. The first kappa shape index (κ1) is 13.3. The summed E-state index contributed by atoms with van der Waals surface area (Å²) < 4.78 is 0. The van der Waals surface area contributed by atoms with Gasteiger partial charge >= 0.3 is 0 Å². The van der Waals surface area contributed by atoms with E-state index in [1.54, 1.807) is 0 Å². The van der Waals surface area contributed by atoms with Gasteiger partial charge < -0.3 is 5.73 Å². The number of carbonyl (C=O) groups excluding carboxylic acids is 2. The average molecular weight is 272 g/mol. The molecule has 1 aromatic rings. The zero-order chi connectivity index (χ0) is 14.4. The van der Waals surface area contributed by atoms with Gasteiger partial charge in [0.15, 0.2) is 0 Å². The van der Waals surface area contributed by atoms with E-state index in [1.807, 2.05) is 26.0 Å². The van der Waals surface area contributed by atoms with Crippen molar-refractivity contribution in [1.82, 2.24) is 4.90 Å². The fourth-order valence-corrected chi connectivity index (χ4v) is 3.39. The Morgan fingerprint density at radius 1 is 0.950 bits per heavy atom. The molecule has 0 aromatic heterocycles. The molecule has 0 unspecified atom stereocenters. The fraction of sp³-hybridized carbons (Fsp3) is 0.500. The minimum absolute atomic E-state index is 0.0148. The molecule has 20 heavy (non-hydrogen) atoms. The zero-order valence-corrected chi connectivity index (χ0v) is 12.0. The Bertz CT molecular complexity index is 545. The number of rotatable bonds is 1. The molecule has 1 heterocycles. The number of hydrogen-bond acceptors (Lipinski definition) is 3. The van der Waals surface area contributed by atoms with Gasteiger partial charge in [0.1, 0.15) is 0 Å². The lowest BCUT2D eigenvalue weighted by atomic mass is 9.91. The van der Waals surface area contributed by atoms with E-state index in [2.05, 4.69) is 0 Å². The van der Waals surface area contributed by atoms with Crippen molar-refractivity contribution in [1.29, 1.82) is 0 Å². The van der Waals surface area contributed by atoms with Crippen molar-refractivity contribution in [3.8, 4) is 0 Å². The number of aryl methyl sites for hydroxylation is 2. The zero-order valence-electron chi connectivity index (χ0n) is 12.0. The Labute approximate surface area is 118 Å². The standard InChI is InChI=1S/C16H20N2O2/c1-9-3-4-10(2)14-13(9)15(19)18(16(14)20)12-7-5-11(17)6-8-12/h3-4,11-12H,5-8,17H2,1-2H3. The molecule has 2 N–H and O–H groups in total. The summed E-state index contributed by atoms with van der Waals surface area (Å²) >= 11 is 0. The summed E-state index contributed by atoms with van der Waals surface area (Å²) in [5.74, 6) is -0.238. The second kappa shape index (κ2) is 4.70. The van der Waals surface area contributed by atoms with Gasteiger partial charge in [-0.3, -0.25) is 14.5 Å². The van der Waals surface area contributed by atoms with E-state index >= 15 is 0 Å². The van der Waals surface area contributed by atoms with Gasteiger partial charge in [0, 0.05) is 12.1 Å². The number of fused-ring (bicyclic) bond motifs is 1. The molecule has 0 bridgehead atoms. The molecule has 4 heteroatoms. The number of hydrogen-bond donors (Lipinski definition) is 1. The van der Waals surface area contributed by atoms with Crippen LogP contribution in [0.4, 0.5) is 0 Å². The summed E-state index contributed by atoms with van der Waals surface area (Å²) in [6.45, 7) is 3.79. The normalized spacial score (nSPS) is 26.1. The first-order valence-corrected chi connectivity index (χ1v) is 7.24. The number of nitrogens with zero attached hydrogens (tertiary/aromatic N) is 1. The summed E-state index contributed by atoms with van der Waals surface area (Å²) in [5, 5.41) is 0. The summed E-state index contributed by atoms with van der Waals surface area (Å²) in [6.07, 6.45) is 3.42. The Hall–Kier alpha value is -1.68. The molecular formula is C16H20N2O2. The highest BCUT2D eigenvalue weighted by Crippen LogP contribution is 2.33. The molecule has 1 aromatic carbocycles. The van der Waals surface area contributed by atoms with Crippen molar-refractivity contribution in [2.45, 2.75) is 51.6 Å². The van der Waals surface area contributed by atoms with E-state index in [-0.39, 0.29) is 23.9 Å². The van der Waals surface area contributed by atoms with Crippen molar-refractivity contribution >= 4 is 11.8 Å². The largest absolute Gasteiger partial charge is 0.328 e. The van der Waals surface area contributed by atoms with Gasteiger partial charge in [-0.05, 0) is 50.7 Å². The molecule has 0 radical (unpaired) electrons. The fourth-order valence-electron chi connectivity index (χ4n) is 3.39. The van der Waals surface area contributed by atoms with Gasteiger partial charge in [-0.2, -0.15) is 0 Å². The van der Waals surface area contributed by atoms with E-state index in [4.69, 9.17) is 5.73 Å². The van der Waals surface area contributed by atoms with Crippen LogP contribution in [0.3, 0.4) is 0 Å². The number of carbonyl (C=O) groups is 2. The third-order valence-electron chi connectivity index (χ3n) is 4.59. The van der Waals surface area contributed by atoms with Crippen LogP contribution in [0, 0.1) is 13.8 Å². The molecule has 2 aliphatic rings. The smallest absolute Gasteiger partial charge is 0.262 e. The second-order valence-electron chi connectivity index (χ2n) is 6.00. The van der Waals surface area contributed by atoms with E-state index in [9.17, 15) is 9.59 Å². The molecular weight excluding hydrogens is 252 g/mol. The van der Waals surface area contributed by atoms with Crippen LogP contribution in [0.15, 0.2) is 12.1 Å². The van der Waals surface area contributed by atoms with Crippen molar-refractivity contribution < 1.29 is 9.59 Å². The summed E-state index contributed by atoms with van der Waals surface area (Å²) in [7, 11) is 0. The monoisotopic (exact) mass is 272 g/mol. The van der Waals surface area contributed by atoms with Crippen molar-refractivity contribution in [3.63, 3.8) is 0 Å². The lowest BCUT2D eigenvalue weighted by Crippen LogP contribution is -2.44. The van der Waals surface area contributed by atoms with E-state index in [1.165, 1.54) is 4.90 Å². The van der Waals surface area contributed by atoms with Crippen LogP contribution in [-0.4, -0.2) is 28.8 Å². The van der Waals surface area contributed by atoms with Gasteiger partial charge in [0.05, 0.1) is 11.1 Å². The minimum Gasteiger partial charge on any atom is -0.328 e. The first-order valence-electron chi connectivity index (χ1n) is 7.24. The van der Waals surface area contributed by atoms with Gasteiger partial charge in [0.25, 0.3) is 11.8 Å². The van der Waals surface area contributed by atoms with Crippen LogP contribution in [0.1, 0.15) is 57.5 Å². The van der Waals surface area contributed by atoms with Gasteiger partial charge in [-0.1, -0.05) is 12.1 Å². The molecule has 106 valence electrons. The maximum absolute atomic E-state index is 12.6. The Kier molecular flexibility index (Phi) is 3.13. The Morgan fingerprint density at radius 3 is 1.85 bits per heavy atom.